The summed E-state index contributed by atoms with van der Waals surface area (Å²) in [6.07, 6.45) is 0. The topological polar surface area (TPSA) is 72.1 Å². The van der Waals surface area contributed by atoms with E-state index in [0.717, 1.165) is 32.8 Å². The number of urea groups is 1. The average molecular weight is 309 g/mol. The van der Waals surface area contributed by atoms with E-state index < -0.39 is 0 Å². The van der Waals surface area contributed by atoms with Crippen molar-refractivity contribution >= 4 is 11.7 Å². The number of rotatable bonds is 6. The smallest absolute Gasteiger partial charge is 0.319 e. The molecular formula is C15H23N3O4. The van der Waals surface area contributed by atoms with Gasteiger partial charge in [0.05, 0.1) is 27.4 Å². The van der Waals surface area contributed by atoms with E-state index in [2.05, 4.69) is 15.5 Å². The Hall–Kier alpha value is -1.99. The highest BCUT2D eigenvalue weighted by molar-refractivity contribution is 5.92. The minimum absolute atomic E-state index is 0.281. The van der Waals surface area contributed by atoms with Gasteiger partial charge >= 0.3 is 6.03 Å². The molecule has 0 bridgehead atoms. The number of hydrogen-bond acceptors (Lipinski definition) is 5. The number of carbonyl (C=O) groups is 1. The molecule has 1 heterocycles. The Kier molecular flexibility index (Phi) is 6.29. The highest BCUT2D eigenvalue weighted by atomic mass is 16.5. The van der Waals surface area contributed by atoms with Gasteiger partial charge in [-0.15, -0.1) is 0 Å². The van der Waals surface area contributed by atoms with Crippen LogP contribution in [0, 0.1) is 0 Å². The summed E-state index contributed by atoms with van der Waals surface area (Å²) >= 11 is 0. The molecule has 2 N–H and O–H groups in total. The van der Waals surface area contributed by atoms with Crippen LogP contribution in [-0.2, 0) is 4.74 Å². The van der Waals surface area contributed by atoms with Crippen LogP contribution >= 0.6 is 0 Å². The first kappa shape index (κ1) is 16.4. The second-order valence-corrected chi connectivity index (χ2v) is 4.87. The monoisotopic (exact) mass is 309 g/mol. The summed E-state index contributed by atoms with van der Waals surface area (Å²) in [6.45, 7) is 4.70. The summed E-state index contributed by atoms with van der Waals surface area (Å²) in [4.78, 5) is 14.3. The van der Waals surface area contributed by atoms with Gasteiger partial charge < -0.3 is 24.8 Å². The van der Waals surface area contributed by atoms with Crippen LogP contribution in [0.25, 0.3) is 0 Å². The number of para-hydroxylation sites is 1. The molecule has 7 heteroatoms. The van der Waals surface area contributed by atoms with Crippen LogP contribution in [0.1, 0.15) is 0 Å². The van der Waals surface area contributed by atoms with Crippen molar-refractivity contribution in [1.29, 1.82) is 0 Å². The summed E-state index contributed by atoms with van der Waals surface area (Å²) in [5, 5.41) is 5.61. The summed E-state index contributed by atoms with van der Waals surface area (Å²) in [5.41, 5.74) is 0.524. The van der Waals surface area contributed by atoms with Crippen LogP contribution in [0.15, 0.2) is 18.2 Å². The zero-order valence-corrected chi connectivity index (χ0v) is 13.1. The second-order valence-electron chi connectivity index (χ2n) is 4.87. The fourth-order valence-electron chi connectivity index (χ4n) is 2.28. The maximum Gasteiger partial charge on any atom is 0.319 e. The van der Waals surface area contributed by atoms with Gasteiger partial charge in [0, 0.05) is 26.2 Å². The number of ether oxygens (including phenoxy) is 3. The zero-order chi connectivity index (χ0) is 15.8. The fourth-order valence-corrected chi connectivity index (χ4v) is 2.28. The number of carbonyl (C=O) groups excluding carboxylic acids is 1. The minimum Gasteiger partial charge on any atom is -0.494 e. The molecule has 2 amide bonds. The number of nitrogens with one attached hydrogen (secondary N) is 2. The third-order valence-corrected chi connectivity index (χ3v) is 3.48. The molecular weight excluding hydrogens is 286 g/mol. The van der Waals surface area contributed by atoms with Gasteiger partial charge in [-0.25, -0.2) is 4.79 Å². The Morgan fingerprint density at radius 1 is 1.23 bits per heavy atom. The van der Waals surface area contributed by atoms with E-state index in [0.29, 0.717) is 23.7 Å². The molecule has 22 heavy (non-hydrogen) atoms. The molecule has 0 spiro atoms. The summed E-state index contributed by atoms with van der Waals surface area (Å²) in [7, 11) is 3.10. The van der Waals surface area contributed by atoms with E-state index in [4.69, 9.17) is 14.2 Å². The van der Waals surface area contributed by atoms with Crippen molar-refractivity contribution in [3.63, 3.8) is 0 Å². The van der Waals surface area contributed by atoms with Gasteiger partial charge in [0.15, 0.2) is 0 Å². The molecule has 0 unspecified atom stereocenters. The minimum atomic E-state index is -0.281. The van der Waals surface area contributed by atoms with Crippen molar-refractivity contribution in [2.24, 2.45) is 0 Å². The lowest BCUT2D eigenvalue weighted by Crippen LogP contribution is -2.42. The van der Waals surface area contributed by atoms with Crippen LogP contribution in [0.3, 0.4) is 0 Å². The summed E-state index contributed by atoms with van der Waals surface area (Å²) in [6, 6.07) is 5.06. The van der Waals surface area contributed by atoms with Crippen molar-refractivity contribution in [2.45, 2.75) is 0 Å². The SMILES string of the molecule is COc1cccc(OC)c1NC(=O)NCCN1CCOCC1. The summed E-state index contributed by atoms with van der Waals surface area (Å²) < 4.78 is 15.8. The first-order valence-corrected chi connectivity index (χ1v) is 7.30. The van der Waals surface area contributed by atoms with Crippen molar-refractivity contribution < 1.29 is 19.0 Å². The molecule has 7 nitrogen and oxygen atoms in total. The molecule has 1 saturated heterocycles. The van der Waals surface area contributed by atoms with Crippen molar-refractivity contribution in [3.8, 4) is 11.5 Å². The van der Waals surface area contributed by atoms with Gasteiger partial charge in [-0.2, -0.15) is 0 Å². The number of amides is 2. The molecule has 1 aliphatic heterocycles. The highest BCUT2D eigenvalue weighted by Crippen LogP contribution is 2.33. The van der Waals surface area contributed by atoms with Crippen molar-refractivity contribution in [1.82, 2.24) is 10.2 Å². The van der Waals surface area contributed by atoms with Gasteiger partial charge in [-0.05, 0) is 12.1 Å². The summed E-state index contributed by atoms with van der Waals surface area (Å²) in [5.74, 6) is 1.12. The third kappa shape index (κ3) is 4.51. The average Bonchev–Trinajstić information content (AvgIpc) is 2.56. The molecule has 0 aromatic heterocycles. The first-order chi connectivity index (χ1) is 10.7. The Morgan fingerprint density at radius 3 is 2.45 bits per heavy atom. The third-order valence-electron chi connectivity index (χ3n) is 3.48. The number of benzene rings is 1. The van der Waals surface area contributed by atoms with Crippen LogP contribution < -0.4 is 20.1 Å². The predicted molar refractivity (Wildman–Crippen MR) is 83.8 cm³/mol. The van der Waals surface area contributed by atoms with Gasteiger partial charge in [-0.3, -0.25) is 4.90 Å². The van der Waals surface area contributed by atoms with Crippen LogP contribution in [0.5, 0.6) is 11.5 Å². The largest absolute Gasteiger partial charge is 0.494 e. The Bertz CT molecular complexity index is 467. The molecule has 1 fully saturated rings. The number of nitrogens with zero attached hydrogens (tertiary/aromatic N) is 1. The van der Waals surface area contributed by atoms with E-state index in [1.165, 1.54) is 0 Å². The fraction of sp³-hybridized carbons (Fsp3) is 0.533. The van der Waals surface area contributed by atoms with E-state index in [1.54, 1.807) is 32.4 Å². The van der Waals surface area contributed by atoms with Crippen LogP contribution in [0.2, 0.25) is 0 Å². The molecule has 0 saturated carbocycles. The molecule has 0 atom stereocenters. The second kappa shape index (κ2) is 8.45. The lowest BCUT2D eigenvalue weighted by Gasteiger charge is -2.26. The number of hydrogen-bond donors (Lipinski definition) is 2. The van der Waals surface area contributed by atoms with Gasteiger partial charge in [0.1, 0.15) is 17.2 Å². The van der Waals surface area contributed by atoms with Crippen LogP contribution in [-0.4, -0.2) is 64.5 Å². The first-order valence-electron chi connectivity index (χ1n) is 7.30. The molecule has 2 rings (SSSR count). The lowest BCUT2D eigenvalue weighted by atomic mass is 10.2. The lowest BCUT2D eigenvalue weighted by molar-refractivity contribution is 0.0388. The van der Waals surface area contributed by atoms with Crippen LogP contribution in [0.4, 0.5) is 10.5 Å². The zero-order valence-electron chi connectivity index (χ0n) is 13.1. The molecule has 0 radical (unpaired) electrons. The maximum atomic E-state index is 12.0. The number of anilines is 1. The van der Waals surface area contributed by atoms with E-state index in [-0.39, 0.29) is 6.03 Å². The standard InChI is InChI=1S/C15H23N3O4/c1-20-12-4-3-5-13(21-2)14(12)17-15(19)16-6-7-18-8-10-22-11-9-18/h3-5H,6-11H2,1-2H3,(H2,16,17,19). The number of methoxy groups -OCH3 is 2. The highest BCUT2D eigenvalue weighted by Gasteiger charge is 2.14. The van der Waals surface area contributed by atoms with E-state index in [9.17, 15) is 4.79 Å². The Balaban J connectivity index is 1.83. The predicted octanol–water partition coefficient (Wildman–Crippen LogP) is 1.16. The van der Waals surface area contributed by atoms with Gasteiger partial charge in [0.25, 0.3) is 0 Å². The maximum absolute atomic E-state index is 12.0. The van der Waals surface area contributed by atoms with E-state index >= 15 is 0 Å². The molecule has 1 aromatic rings. The molecule has 122 valence electrons. The van der Waals surface area contributed by atoms with Crippen molar-refractivity contribution in [2.75, 3.05) is 58.9 Å². The molecule has 0 aliphatic carbocycles. The van der Waals surface area contributed by atoms with Gasteiger partial charge in [0.2, 0.25) is 0 Å². The number of morpholine rings is 1. The Morgan fingerprint density at radius 2 is 1.86 bits per heavy atom. The quantitative estimate of drug-likeness (QED) is 0.825. The van der Waals surface area contributed by atoms with Crippen molar-refractivity contribution in [3.05, 3.63) is 18.2 Å². The molecule has 1 aliphatic rings. The molecule has 1 aromatic carbocycles. The Labute approximate surface area is 130 Å². The normalized spacial score (nSPS) is 15.2. The van der Waals surface area contributed by atoms with Gasteiger partial charge in [-0.1, -0.05) is 6.07 Å². The van der Waals surface area contributed by atoms with E-state index in [1.807, 2.05) is 0 Å².